The second-order valence-corrected chi connectivity index (χ2v) is 5.86. The summed E-state index contributed by atoms with van der Waals surface area (Å²) in [5.74, 6) is 2.34. The number of hydrogen-bond acceptors (Lipinski definition) is 1. The summed E-state index contributed by atoms with van der Waals surface area (Å²) in [5, 5.41) is 8.88. The largest absolute Gasteiger partial charge is 0.481 e. The Kier molecular flexibility index (Phi) is 1.58. The van der Waals surface area contributed by atoms with Crippen molar-refractivity contribution in [1.29, 1.82) is 0 Å². The highest BCUT2D eigenvalue weighted by Crippen LogP contribution is 2.71. The second-order valence-electron chi connectivity index (χ2n) is 5.86. The Morgan fingerprint density at radius 2 is 2.21 bits per heavy atom. The van der Waals surface area contributed by atoms with Crippen molar-refractivity contribution in [2.45, 2.75) is 39.0 Å². The zero-order chi connectivity index (χ0) is 9.92. The van der Waals surface area contributed by atoms with Gasteiger partial charge < -0.3 is 5.11 Å². The van der Waals surface area contributed by atoms with Crippen LogP contribution in [0.2, 0.25) is 0 Å². The molecule has 2 heteroatoms. The van der Waals surface area contributed by atoms with Gasteiger partial charge in [0.1, 0.15) is 0 Å². The number of aliphatic carboxylic acids is 1. The van der Waals surface area contributed by atoms with Gasteiger partial charge in [-0.2, -0.15) is 0 Å². The van der Waals surface area contributed by atoms with Gasteiger partial charge in [0.15, 0.2) is 0 Å². The average Bonchev–Trinajstić information content (AvgIpc) is 2.26. The van der Waals surface area contributed by atoms with E-state index in [1.807, 2.05) is 0 Å². The molecule has 5 atom stereocenters. The normalized spacial score (nSPS) is 54.1. The molecule has 2 nitrogen and oxygen atoms in total. The third-order valence-electron chi connectivity index (χ3n) is 5.34. The number of carboxylic acids is 1. The molecule has 0 aromatic rings. The number of carboxylic acid groups (broad SMARTS) is 1. The number of fused-ring (bicyclic) bond motifs is 1. The standard InChI is InChI=1S/C12H18O2/c1-12-6-7-2-3-9(12)8(5-11(13)14)10(12)4-7/h7-10H,2-6H2,1H3,(H,13,14)/t7-,8-,9+,10-,12-/m0/s1. The third kappa shape index (κ3) is 0.896. The molecule has 3 rings (SSSR count). The van der Waals surface area contributed by atoms with Gasteiger partial charge in [0, 0.05) is 6.42 Å². The van der Waals surface area contributed by atoms with Crippen LogP contribution >= 0.6 is 0 Å². The Labute approximate surface area is 84.7 Å². The van der Waals surface area contributed by atoms with Crippen LogP contribution in [0.4, 0.5) is 0 Å². The maximum atomic E-state index is 10.8. The predicted octanol–water partition coefficient (Wildman–Crippen LogP) is 2.53. The van der Waals surface area contributed by atoms with Crippen LogP contribution in [0.3, 0.4) is 0 Å². The molecule has 1 N–H and O–H groups in total. The summed E-state index contributed by atoms with van der Waals surface area (Å²) in [6, 6.07) is 0. The topological polar surface area (TPSA) is 37.3 Å². The van der Waals surface area contributed by atoms with Crippen molar-refractivity contribution in [2.75, 3.05) is 0 Å². The van der Waals surface area contributed by atoms with Gasteiger partial charge in [-0.25, -0.2) is 0 Å². The van der Waals surface area contributed by atoms with E-state index in [0.29, 0.717) is 17.8 Å². The smallest absolute Gasteiger partial charge is 0.303 e. The van der Waals surface area contributed by atoms with Gasteiger partial charge in [0.25, 0.3) is 0 Å². The van der Waals surface area contributed by atoms with Crippen molar-refractivity contribution in [1.82, 2.24) is 0 Å². The molecule has 2 bridgehead atoms. The minimum absolute atomic E-state index is 0.428. The average molecular weight is 194 g/mol. The van der Waals surface area contributed by atoms with E-state index in [0.717, 1.165) is 17.8 Å². The molecule has 0 radical (unpaired) electrons. The molecule has 0 aromatic carbocycles. The van der Waals surface area contributed by atoms with Crippen LogP contribution in [-0.2, 0) is 4.79 Å². The summed E-state index contributed by atoms with van der Waals surface area (Å²) in [4.78, 5) is 10.8. The van der Waals surface area contributed by atoms with E-state index in [9.17, 15) is 4.79 Å². The Bertz CT molecular complexity index is 278. The van der Waals surface area contributed by atoms with Crippen molar-refractivity contribution in [3.8, 4) is 0 Å². The van der Waals surface area contributed by atoms with Crippen LogP contribution in [0.25, 0.3) is 0 Å². The SMILES string of the molecule is C[C@]12C[C@H]3CC[C@@H]1[C@H](CC(=O)O)[C@@H]2C3. The Morgan fingerprint density at radius 1 is 1.43 bits per heavy atom. The van der Waals surface area contributed by atoms with Crippen molar-refractivity contribution >= 4 is 5.97 Å². The highest BCUT2D eigenvalue weighted by atomic mass is 16.4. The molecule has 0 amide bonds. The van der Waals surface area contributed by atoms with Crippen molar-refractivity contribution in [3.05, 3.63) is 0 Å². The van der Waals surface area contributed by atoms with E-state index in [1.54, 1.807) is 0 Å². The summed E-state index contributed by atoms with van der Waals surface area (Å²) >= 11 is 0. The van der Waals surface area contributed by atoms with E-state index < -0.39 is 5.97 Å². The molecule has 0 saturated heterocycles. The van der Waals surface area contributed by atoms with E-state index >= 15 is 0 Å². The van der Waals surface area contributed by atoms with Crippen molar-refractivity contribution < 1.29 is 9.90 Å². The molecular formula is C12H18O2. The third-order valence-corrected chi connectivity index (χ3v) is 5.34. The highest BCUT2D eigenvalue weighted by Gasteiger charge is 2.64. The van der Waals surface area contributed by atoms with Gasteiger partial charge >= 0.3 is 5.97 Å². The van der Waals surface area contributed by atoms with Crippen LogP contribution in [0.1, 0.15) is 39.0 Å². The second kappa shape index (κ2) is 2.53. The quantitative estimate of drug-likeness (QED) is 0.733. The zero-order valence-electron chi connectivity index (χ0n) is 8.70. The molecular weight excluding hydrogens is 176 g/mol. The lowest BCUT2D eigenvalue weighted by Gasteiger charge is -2.58. The minimum Gasteiger partial charge on any atom is -0.481 e. The lowest BCUT2D eigenvalue weighted by Crippen LogP contribution is -2.53. The Hall–Kier alpha value is -0.530. The molecule has 14 heavy (non-hydrogen) atoms. The van der Waals surface area contributed by atoms with Crippen LogP contribution < -0.4 is 0 Å². The summed E-state index contributed by atoms with van der Waals surface area (Å²) in [5.41, 5.74) is 0.545. The highest BCUT2D eigenvalue weighted by molar-refractivity contribution is 5.67. The first-order chi connectivity index (χ1) is 6.61. The fourth-order valence-electron chi connectivity index (χ4n) is 4.89. The molecule has 3 saturated carbocycles. The molecule has 0 spiro atoms. The van der Waals surface area contributed by atoms with E-state index in [1.165, 1.54) is 25.7 Å². The van der Waals surface area contributed by atoms with Gasteiger partial charge in [-0.15, -0.1) is 0 Å². The first kappa shape index (κ1) is 8.75. The lowest BCUT2D eigenvalue weighted by molar-refractivity contribution is -0.150. The minimum atomic E-state index is -0.590. The molecule has 0 aromatic heterocycles. The molecule has 3 aliphatic carbocycles. The van der Waals surface area contributed by atoms with Crippen LogP contribution in [0.5, 0.6) is 0 Å². The number of rotatable bonds is 2. The molecule has 78 valence electrons. The number of carbonyl (C=O) groups is 1. The fraction of sp³-hybridized carbons (Fsp3) is 0.917. The molecule has 3 aliphatic rings. The van der Waals surface area contributed by atoms with E-state index in [4.69, 9.17) is 5.11 Å². The number of hydrogen-bond donors (Lipinski definition) is 1. The van der Waals surface area contributed by atoms with Crippen LogP contribution in [0.15, 0.2) is 0 Å². The predicted molar refractivity (Wildman–Crippen MR) is 52.8 cm³/mol. The summed E-state index contributed by atoms with van der Waals surface area (Å²) < 4.78 is 0. The summed E-state index contributed by atoms with van der Waals surface area (Å²) in [7, 11) is 0. The van der Waals surface area contributed by atoms with Crippen molar-refractivity contribution in [3.63, 3.8) is 0 Å². The first-order valence-corrected chi connectivity index (χ1v) is 5.83. The summed E-state index contributed by atoms with van der Waals surface area (Å²) in [6.45, 7) is 2.40. The van der Waals surface area contributed by atoms with E-state index in [2.05, 4.69) is 6.92 Å². The van der Waals surface area contributed by atoms with Gasteiger partial charge in [-0.1, -0.05) is 13.3 Å². The van der Waals surface area contributed by atoms with Gasteiger partial charge in [-0.05, 0) is 48.3 Å². The van der Waals surface area contributed by atoms with Crippen LogP contribution in [0, 0.1) is 29.1 Å². The van der Waals surface area contributed by atoms with Gasteiger partial charge in [0.05, 0.1) is 0 Å². The molecule has 3 fully saturated rings. The summed E-state index contributed by atoms with van der Waals surface area (Å²) in [6.07, 6.45) is 5.81. The zero-order valence-corrected chi connectivity index (χ0v) is 8.70. The van der Waals surface area contributed by atoms with E-state index in [-0.39, 0.29) is 0 Å². The van der Waals surface area contributed by atoms with Gasteiger partial charge in [0.2, 0.25) is 0 Å². The Balaban J connectivity index is 1.82. The first-order valence-electron chi connectivity index (χ1n) is 5.83. The van der Waals surface area contributed by atoms with Crippen LogP contribution in [-0.4, -0.2) is 11.1 Å². The lowest BCUT2D eigenvalue weighted by atomic mass is 9.46. The Morgan fingerprint density at radius 3 is 2.93 bits per heavy atom. The monoisotopic (exact) mass is 194 g/mol. The maximum absolute atomic E-state index is 10.8. The van der Waals surface area contributed by atoms with Gasteiger partial charge in [-0.3, -0.25) is 4.79 Å². The van der Waals surface area contributed by atoms with Crippen molar-refractivity contribution in [2.24, 2.45) is 29.1 Å². The molecule has 0 heterocycles. The molecule has 0 aliphatic heterocycles. The fourth-order valence-corrected chi connectivity index (χ4v) is 4.89. The maximum Gasteiger partial charge on any atom is 0.303 e. The molecule has 0 unspecified atom stereocenters.